The summed E-state index contributed by atoms with van der Waals surface area (Å²) in [6.45, 7) is 3.31. The normalized spacial score (nSPS) is 11.9. The van der Waals surface area contributed by atoms with E-state index in [9.17, 15) is 14.4 Å². The van der Waals surface area contributed by atoms with Gasteiger partial charge in [0.1, 0.15) is 0 Å². The molecule has 0 heterocycles. The monoisotopic (exact) mass is 264 g/mol. The fourth-order valence-electron chi connectivity index (χ4n) is 0.783. The third-order valence-corrected chi connectivity index (χ3v) is 3.26. The molecule has 1 amide bonds. The molecule has 0 aromatic carbocycles. The second-order valence-corrected chi connectivity index (χ2v) is 5.51. The molecule has 0 rings (SSSR count). The SMILES string of the molecule is CC(=O)SCCNC(=O)[C@@H](N)CSC(C)=O. The minimum atomic E-state index is -0.684. The van der Waals surface area contributed by atoms with Crippen LogP contribution in [0.1, 0.15) is 13.8 Å². The maximum atomic E-state index is 11.3. The number of nitrogens with one attached hydrogen (secondary N) is 1. The summed E-state index contributed by atoms with van der Waals surface area (Å²) in [6, 6.07) is -0.684. The Bertz CT molecular complexity index is 271. The summed E-state index contributed by atoms with van der Waals surface area (Å²) in [7, 11) is 0. The summed E-state index contributed by atoms with van der Waals surface area (Å²) in [5.41, 5.74) is 5.55. The van der Waals surface area contributed by atoms with E-state index in [0.717, 1.165) is 23.5 Å². The van der Waals surface area contributed by atoms with Crippen molar-refractivity contribution in [2.24, 2.45) is 5.73 Å². The Labute approximate surface area is 103 Å². The highest BCUT2D eigenvalue weighted by Crippen LogP contribution is 2.02. The molecule has 0 fully saturated rings. The molecule has 0 aliphatic heterocycles. The molecule has 0 bridgehead atoms. The fourth-order valence-corrected chi connectivity index (χ4v) is 1.84. The first-order valence-corrected chi connectivity index (χ1v) is 6.70. The van der Waals surface area contributed by atoms with Crippen molar-refractivity contribution < 1.29 is 14.4 Å². The Balaban J connectivity index is 3.62. The molecule has 0 unspecified atom stereocenters. The van der Waals surface area contributed by atoms with E-state index in [1.807, 2.05) is 0 Å². The first-order chi connectivity index (χ1) is 7.43. The lowest BCUT2D eigenvalue weighted by Crippen LogP contribution is -2.43. The van der Waals surface area contributed by atoms with Gasteiger partial charge < -0.3 is 11.1 Å². The van der Waals surface area contributed by atoms with Crippen molar-refractivity contribution >= 4 is 39.7 Å². The highest BCUT2D eigenvalue weighted by atomic mass is 32.2. The van der Waals surface area contributed by atoms with Gasteiger partial charge in [0.25, 0.3) is 0 Å². The summed E-state index contributed by atoms with van der Waals surface area (Å²) in [5, 5.41) is 2.56. The van der Waals surface area contributed by atoms with Gasteiger partial charge in [-0.25, -0.2) is 0 Å². The van der Waals surface area contributed by atoms with Crippen LogP contribution < -0.4 is 11.1 Å². The standard InChI is InChI=1S/C9H16N2O3S2/c1-6(12)15-4-3-11-9(14)8(10)5-16-7(2)13/h8H,3-5,10H2,1-2H3,(H,11,14)/t8-/m0/s1. The number of amides is 1. The van der Waals surface area contributed by atoms with Crippen LogP contribution in [0.15, 0.2) is 0 Å². The minimum Gasteiger partial charge on any atom is -0.354 e. The molecule has 3 N–H and O–H groups in total. The Kier molecular flexibility index (Phi) is 8.32. The van der Waals surface area contributed by atoms with Gasteiger partial charge in [0.2, 0.25) is 5.91 Å². The van der Waals surface area contributed by atoms with E-state index in [2.05, 4.69) is 5.32 Å². The summed E-state index contributed by atoms with van der Waals surface area (Å²) < 4.78 is 0. The van der Waals surface area contributed by atoms with Crippen LogP contribution in [-0.2, 0) is 14.4 Å². The van der Waals surface area contributed by atoms with Gasteiger partial charge in [-0.15, -0.1) is 0 Å². The van der Waals surface area contributed by atoms with Gasteiger partial charge in [-0.3, -0.25) is 14.4 Å². The van der Waals surface area contributed by atoms with Crippen LogP contribution >= 0.6 is 23.5 Å². The average molecular weight is 264 g/mol. The minimum absolute atomic E-state index is 0.0192. The third kappa shape index (κ3) is 8.75. The van der Waals surface area contributed by atoms with Crippen LogP contribution in [0, 0.1) is 0 Å². The zero-order valence-electron chi connectivity index (χ0n) is 9.32. The molecule has 0 saturated heterocycles. The lowest BCUT2D eigenvalue weighted by molar-refractivity contribution is -0.121. The molecule has 0 radical (unpaired) electrons. The van der Waals surface area contributed by atoms with Crippen molar-refractivity contribution in [3.63, 3.8) is 0 Å². The second-order valence-electron chi connectivity index (χ2n) is 3.04. The van der Waals surface area contributed by atoms with Crippen LogP contribution in [0.5, 0.6) is 0 Å². The van der Waals surface area contributed by atoms with E-state index in [-0.39, 0.29) is 21.9 Å². The quantitative estimate of drug-likeness (QED) is 0.656. The molecule has 0 aliphatic rings. The van der Waals surface area contributed by atoms with Gasteiger partial charge in [0.05, 0.1) is 6.04 Å². The van der Waals surface area contributed by atoms with Crippen molar-refractivity contribution in [1.82, 2.24) is 5.32 Å². The summed E-state index contributed by atoms with van der Waals surface area (Å²) >= 11 is 2.18. The van der Waals surface area contributed by atoms with Gasteiger partial charge >= 0.3 is 0 Å². The van der Waals surface area contributed by atoms with Crippen LogP contribution in [0.25, 0.3) is 0 Å². The van der Waals surface area contributed by atoms with Crippen molar-refractivity contribution in [1.29, 1.82) is 0 Å². The van der Waals surface area contributed by atoms with Crippen molar-refractivity contribution in [2.75, 3.05) is 18.1 Å². The van der Waals surface area contributed by atoms with E-state index in [1.54, 1.807) is 0 Å². The largest absolute Gasteiger partial charge is 0.354 e. The molecule has 92 valence electrons. The number of hydrogen-bond donors (Lipinski definition) is 2. The van der Waals surface area contributed by atoms with E-state index in [1.165, 1.54) is 13.8 Å². The van der Waals surface area contributed by atoms with E-state index >= 15 is 0 Å². The molecule has 0 aromatic heterocycles. The molecular weight excluding hydrogens is 248 g/mol. The van der Waals surface area contributed by atoms with Gasteiger partial charge in [-0.2, -0.15) is 0 Å². The third-order valence-electron chi connectivity index (χ3n) is 1.51. The summed E-state index contributed by atoms with van der Waals surface area (Å²) in [6.07, 6.45) is 0. The Hall–Kier alpha value is -0.530. The van der Waals surface area contributed by atoms with Crippen molar-refractivity contribution in [2.45, 2.75) is 19.9 Å². The molecule has 7 heteroatoms. The molecule has 0 saturated carbocycles. The highest BCUT2D eigenvalue weighted by molar-refractivity contribution is 8.13. The van der Waals surface area contributed by atoms with Crippen LogP contribution in [0.2, 0.25) is 0 Å². The topological polar surface area (TPSA) is 89.3 Å². The Morgan fingerprint density at radius 2 is 1.75 bits per heavy atom. The van der Waals surface area contributed by atoms with Crippen LogP contribution in [-0.4, -0.2) is 40.2 Å². The molecule has 5 nitrogen and oxygen atoms in total. The van der Waals surface area contributed by atoms with Gasteiger partial charge in [0, 0.05) is 31.9 Å². The van der Waals surface area contributed by atoms with Crippen LogP contribution in [0.4, 0.5) is 0 Å². The van der Waals surface area contributed by atoms with Gasteiger partial charge in [-0.05, 0) is 0 Å². The second kappa shape index (κ2) is 8.60. The van der Waals surface area contributed by atoms with E-state index < -0.39 is 6.04 Å². The Morgan fingerprint density at radius 1 is 1.19 bits per heavy atom. The number of carbonyl (C=O) groups is 3. The first kappa shape index (κ1) is 15.5. The van der Waals surface area contributed by atoms with Crippen LogP contribution in [0.3, 0.4) is 0 Å². The lowest BCUT2D eigenvalue weighted by Gasteiger charge is -2.10. The van der Waals surface area contributed by atoms with E-state index in [0.29, 0.717) is 12.3 Å². The Morgan fingerprint density at radius 3 is 2.25 bits per heavy atom. The molecule has 1 atom stereocenters. The molecular formula is C9H16N2O3S2. The molecule has 0 aromatic rings. The summed E-state index contributed by atoms with van der Waals surface area (Å²) in [5.74, 6) is 0.521. The zero-order valence-corrected chi connectivity index (χ0v) is 11.0. The van der Waals surface area contributed by atoms with Gasteiger partial charge in [-0.1, -0.05) is 23.5 Å². The predicted molar refractivity (Wildman–Crippen MR) is 67.3 cm³/mol. The van der Waals surface area contributed by atoms with Crippen molar-refractivity contribution in [3.8, 4) is 0 Å². The van der Waals surface area contributed by atoms with Gasteiger partial charge in [0.15, 0.2) is 10.2 Å². The number of nitrogens with two attached hydrogens (primary N) is 1. The number of rotatable bonds is 6. The van der Waals surface area contributed by atoms with E-state index in [4.69, 9.17) is 5.73 Å². The fraction of sp³-hybridized carbons (Fsp3) is 0.667. The summed E-state index contributed by atoms with van der Waals surface area (Å²) in [4.78, 5) is 32.6. The maximum absolute atomic E-state index is 11.3. The first-order valence-electron chi connectivity index (χ1n) is 4.73. The highest BCUT2D eigenvalue weighted by Gasteiger charge is 2.13. The number of hydrogen-bond acceptors (Lipinski definition) is 6. The number of thioether (sulfide) groups is 2. The average Bonchev–Trinajstić information content (AvgIpc) is 2.20. The molecule has 16 heavy (non-hydrogen) atoms. The zero-order chi connectivity index (χ0) is 12.6. The smallest absolute Gasteiger partial charge is 0.237 e. The number of carbonyl (C=O) groups excluding carboxylic acids is 3. The molecule has 0 aliphatic carbocycles. The van der Waals surface area contributed by atoms with Crippen molar-refractivity contribution in [3.05, 3.63) is 0 Å². The predicted octanol–water partition coefficient (Wildman–Crippen LogP) is -0.0107. The lowest BCUT2D eigenvalue weighted by atomic mass is 10.3. The molecule has 0 spiro atoms. The maximum Gasteiger partial charge on any atom is 0.237 e.